The first-order valence-electron chi connectivity index (χ1n) is 10.1. The third kappa shape index (κ3) is 26.4. The number of nitrogen functional groups attached to an aromatic ring is 1. The van der Waals surface area contributed by atoms with Crippen LogP contribution < -0.4 is 54.7 Å². The van der Waals surface area contributed by atoms with Gasteiger partial charge in [-0.3, -0.25) is 30.9 Å². The van der Waals surface area contributed by atoms with E-state index < -0.39 is 78.1 Å². The number of hydrogen-bond acceptors (Lipinski definition) is 28. The van der Waals surface area contributed by atoms with Gasteiger partial charge in [-0.15, -0.1) is 0 Å². The number of ether oxygens (including phenoxy) is 1. The second-order valence-corrected chi connectivity index (χ2v) is 15.3. The summed E-state index contributed by atoms with van der Waals surface area (Å²) < 4.78 is 76.2. The fourth-order valence-electron chi connectivity index (χ4n) is 2.69. The average molecular weight is 973 g/mol. The second-order valence-electron chi connectivity index (χ2n) is 7.32. The van der Waals surface area contributed by atoms with E-state index in [1.165, 1.54) is 17.2 Å². The van der Waals surface area contributed by atoms with Crippen LogP contribution in [0.25, 0.3) is 11.2 Å². The van der Waals surface area contributed by atoms with Crippen molar-refractivity contribution in [3.63, 3.8) is 0 Å². The van der Waals surface area contributed by atoms with Crippen LogP contribution in [-0.4, -0.2) is 248 Å². The number of nitrogens with two attached hydrogens (primary N) is 1. The zero-order chi connectivity index (χ0) is 35.4. The minimum absolute atomic E-state index is 0. The molecule has 0 bridgehead atoms. The molecule has 3 rings (SSSR count). The van der Waals surface area contributed by atoms with Crippen molar-refractivity contribution in [2.45, 2.75) is 24.5 Å². The summed E-state index contributed by atoms with van der Waals surface area (Å²) in [5, 5.41) is 28.7. The number of aromatic nitrogens is 4. The Bertz CT molecular complexity index is 1500. The van der Waals surface area contributed by atoms with Gasteiger partial charge < -0.3 is 93.0 Å². The van der Waals surface area contributed by atoms with Gasteiger partial charge in [0.05, 0.1) is 44.2 Å². The van der Waals surface area contributed by atoms with Gasteiger partial charge in [-0.25, -0.2) is 15.0 Å². The fourth-order valence-corrected chi connectivity index (χ4v) is 7.38. The number of imidazole rings is 1. The Morgan fingerprint density at radius 2 is 1.04 bits per heavy atom. The fraction of sp³-hybridized carbons (Fsp3) is 0.500. The largest absolute Gasteiger partial charge is 2.00 e. The molecule has 0 unspecified atom stereocenters. The predicted octanol–water partition coefficient (Wildman–Crippen LogP) is -11.6. The minimum atomic E-state index is -5.97. The molecule has 0 aliphatic carbocycles. The molecule has 5 N–H and O–H groups in total. The number of anilines is 1. The topological polar surface area (TPSA) is 509 Å². The van der Waals surface area contributed by atoms with Gasteiger partial charge in [-0.1, -0.05) is 0 Å². The first-order chi connectivity index (χ1) is 20.0. The smallest absolute Gasteiger partial charge is 0.790 e. The van der Waals surface area contributed by atoms with E-state index in [1.54, 1.807) is 0 Å². The summed E-state index contributed by atoms with van der Waals surface area (Å²) >= 11 is 0. The molecule has 0 radical (unpaired) electrons. The summed E-state index contributed by atoms with van der Waals surface area (Å²) in [6.45, 7) is -0.390. The Balaban J connectivity index is -0.000000199. The molecule has 2 aromatic heterocycles. The van der Waals surface area contributed by atoms with Gasteiger partial charge in [0, 0.05) is 0 Å². The van der Waals surface area contributed by atoms with E-state index >= 15 is 0 Å². The third-order valence-electron chi connectivity index (χ3n) is 3.98. The number of fused-ring (bicyclic) bond motifs is 1. The average Bonchev–Trinajstić information content (AvgIpc) is 3.29. The molecule has 0 spiro atoms. The number of phosphoric acid groups is 6. The first kappa shape index (κ1) is 64.5. The van der Waals surface area contributed by atoms with Gasteiger partial charge in [0.1, 0.15) is 30.2 Å². The SMILES string of the molecule is Nc1ncnc2c1ncn2[C@@H]1O[C@H](CO)[C@@H](O)[C@H]1O.O=P([O-])([O-])OP(=O)([O-])OP(=O)([O-])[O-].O=P([O-])([O-])OP(=O)([O-])OP(=O)([O-])[O-].[Ca+2].[Ca+2].[Ca+2].[Ca+2].[Ca+2]. The minimum Gasteiger partial charge on any atom is -0.790 e. The number of nitrogens with zero attached hydrogens (tertiary/aromatic N) is 4. The van der Waals surface area contributed by atoms with Crippen LogP contribution in [0.4, 0.5) is 5.82 Å². The molecule has 0 saturated carbocycles. The zero-order valence-electron chi connectivity index (χ0n) is 24.2. The molecule has 1 fully saturated rings. The molecule has 1 aliphatic rings. The molecular formula is C10H13Ca5N5O24P6. The van der Waals surface area contributed by atoms with E-state index in [0.29, 0.717) is 11.2 Å². The normalized spacial score (nSPS) is 19.4. The Morgan fingerprint density at radius 1 is 0.680 bits per heavy atom. The Kier molecular flexibility index (Phi) is 34.2. The van der Waals surface area contributed by atoms with Crippen molar-refractivity contribution in [1.29, 1.82) is 0 Å². The number of rotatable bonds is 10. The standard InChI is InChI=1S/C10H13N5O4.5Ca.2H5O10P3/c11-8-5-9(13-2-12-8)15(3-14-5)10-7(18)6(17)4(1-16)19-10;;;;;;2*1-11(2,3)9-13(7,8)10-12(4,5)6/h2-4,6-7,10,16-18H,1H2,(H2,11,12,13);;;;;;2*(H,7,8)(H2,1,2,3)(H2,4,5,6)/q;5*+2;;/p-10/t4-,6-,7-,10-;;;;;;;/m1......./s1. The summed E-state index contributed by atoms with van der Waals surface area (Å²) in [5.41, 5.74) is 6.44. The van der Waals surface area contributed by atoms with Crippen molar-refractivity contribution in [2.75, 3.05) is 12.3 Å². The summed E-state index contributed by atoms with van der Waals surface area (Å²) in [7, 11) is -35.8. The molecule has 4 atom stereocenters. The van der Waals surface area contributed by atoms with Gasteiger partial charge >= 0.3 is 189 Å². The molecule has 3 heterocycles. The quantitative estimate of drug-likeness (QED) is 0.127. The van der Waals surface area contributed by atoms with Crippen molar-refractivity contribution in [1.82, 2.24) is 19.5 Å². The third-order valence-corrected chi connectivity index (χ3v) is 10.4. The monoisotopic (exact) mass is 973 g/mol. The molecule has 2 aromatic rings. The zero-order valence-corrected chi connectivity index (χ0v) is 40.6. The Morgan fingerprint density at radius 3 is 1.34 bits per heavy atom. The second kappa shape index (κ2) is 26.5. The van der Waals surface area contributed by atoms with Crippen LogP contribution in [0.2, 0.25) is 0 Å². The number of aliphatic hydroxyl groups is 3. The van der Waals surface area contributed by atoms with Crippen LogP contribution in [0.5, 0.6) is 0 Å². The molecule has 1 saturated heterocycles. The van der Waals surface area contributed by atoms with Crippen molar-refractivity contribution in [2.24, 2.45) is 0 Å². The molecule has 50 heavy (non-hydrogen) atoms. The van der Waals surface area contributed by atoms with E-state index in [2.05, 4.69) is 32.2 Å². The summed E-state index contributed by atoms with van der Waals surface area (Å²) in [4.78, 5) is 109. The Labute approximate surface area is 427 Å². The molecule has 29 nitrogen and oxygen atoms in total. The van der Waals surface area contributed by atoms with Gasteiger partial charge in [-0.2, -0.15) is 0 Å². The van der Waals surface area contributed by atoms with Gasteiger partial charge in [0.25, 0.3) is 15.6 Å². The van der Waals surface area contributed by atoms with E-state index in [-0.39, 0.29) is 195 Å². The van der Waals surface area contributed by atoms with Gasteiger partial charge in [0.2, 0.25) is 0 Å². The molecule has 40 heteroatoms. The van der Waals surface area contributed by atoms with Crippen LogP contribution >= 0.6 is 46.9 Å². The molecule has 1 aliphatic heterocycles. The molecule has 262 valence electrons. The van der Waals surface area contributed by atoms with Crippen LogP contribution in [0.15, 0.2) is 12.7 Å². The maximum absolute atomic E-state index is 10.1. The van der Waals surface area contributed by atoms with E-state index in [0.717, 1.165) is 0 Å². The van der Waals surface area contributed by atoms with E-state index in [4.69, 9.17) is 15.6 Å². The van der Waals surface area contributed by atoms with Crippen molar-refractivity contribution < 1.29 is 114 Å². The Hall–Kier alpha value is 5.31. The van der Waals surface area contributed by atoms with E-state index in [1.807, 2.05) is 0 Å². The summed E-state index contributed by atoms with van der Waals surface area (Å²) in [6.07, 6.45) is -1.42. The number of hydrogen-bond donors (Lipinski definition) is 4. The van der Waals surface area contributed by atoms with Gasteiger partial charge in [0.15, 0.2) is 17.7 Å². The van der Waals surface area contributed by atoms with Crippen LogP contribution in [0.3, 0.4) is 0 Å². The van der Waals surface area contributed by atoms with Crippen molar-refractivity contribution in [3.8, 4) is 0 Å². The van der Waals surface area contributed by atoms with Crippen LogP contribution in [0, 0.1) is 0 Å². The predicted molar refractivity (Wildman–Crippen MR) is 141 cm³/mol. The number of aliphatic hydroxyl groups excluding tert-OH is 3. The van der Waals surface area contributed by atoms with E-state index in [9.17, 15) is 86.5 Å². The maximum atomic E-state index is 10.1. The first-order valence-corrected chi connectivity index (χ1v) is 18.8. The summed E-state index contributed by atoms with van der Waals surface area (Å²) in [5.74, 6) is 0.218. The maximum Gasteiger partial charge on any atom is 2.00 e. The van der Waals surface area contributed by atoms with Gasteiger partial charge in [-0.05, 0) is 0 Å². The molecule has 0 amide bonds. The van der Waals surface area contributed by atoms with Crippen LogP contribution in [0.1, 0.15) is 6.23 Å². The van der Waals surface area contributed by atoms with Crippen LogP contribution in [-0.2, 0) is 49.4 Å². The summed E-state index contributed by atoms with van der Waals surface area (Å²) in [6, 6.07) is 0. The van der Waals surface area contributed by atoms with Crippen molar-refractivity contribution in [3.05, 3.63) is 12.7 Å². The molecular weight excluding hydrogens is 960 g/mol. The molecule has 0 aromatic carbocycles. The van der Waals surface area contributed by atoms with Crippen molar-refractivity contribution >= 4 is 253 Å².